The van der Waals surface area contributed by atoms with Gasteiger partial charge in [-0.05, 0) is 36.4 Å². The Balaban J connectivity index is 1.87. The van der Waals surface area contributed by atoms with Crippen molar-refractivity contribution in [3.63, 3.8) is 0 Å². The fourth-order valence-corrected chi connectivity index (χ4v) is 2.55. The molecular formula is C14H15F2N3O3S. The zero-order valence-corrected chi connectivity index (χ0v) is 12.8. The van der Waals surface area contributed by atoms with E-state index in [0.717, 1.165) is 12.1 Å². The monoisotopic (exact) mass is 343 g/mol. The fraction of sp³-hybridized carbons (Fsp3) is 0.214. The van der Waals surface area contributed by atoms with Crippen molar-refractivity contribution in [2.75, 3.05) is 11.9 Å². The van der Waals surface area contributed by atoms with Crippen LogP contribution in [0.1, 0.15) is 0 Å². The van der Waals surface area contributed by atoms with Crippen molar-refractivity contribution in [2.24, 2.45) is 0 Å². The van der Waals surface area contributed by atoms with Crippen molar-refractivity contribution in [1.82, 2.24) is 9.88 Å². The lowest BCUT2D eigenvalue weighted by molar-refractivity contribution is 0.234. The van der Waals surface area contributed by atoms with E-state index in [4.69, 9.17) is 0 Å². The van der Waals surface area contributed by atoms with Crippen molar-refractivity contribution < 1.29 is 22.0 Å². The number of rotatable bonds is 6. The molecule has 1 heterocycles. The number of carbonyl (C=O) groups is 1. The summed E-state index contributed by atoms with van der Waals surface area (Å²) in [6, 6.07) is 7.82. The van der Waals surface area contributed by atoms with E-state index in [1.807, 2.05) is 29.1 Å². The number of sulfone groups is 1. The van der Waals surface area contributed by atoms with Crippen LogP contribution in [0, 0.1) is 0 Å². The molecular weight excluding hydrogens is 328 g/mol. The minimum absolute atomic E-state index is 0.302. The molecule has 0 aliphatic carbocycles. The van der Waals surface area contributed by atoms with Gasteiger partial charge in [0.15, 0.2) is 0 Å². The maximum atomic E-state index is 12.4. The predicted molar refractivity (Wildman–Crippen MR) is 81.1 cm³/mol. The average Bonchev–Trinajstić information content (AvgIpc) is 3.01. The van der Waals surface area contributed by atoms with Crippen molar-refractivity contribution in [3.05, 3.63) is 48.8 Å². The highest BCUT2D eigenvalue weighted by Crippen LogP contribution is 2.20. The van der Waals surface area contributed by atoms with Crippen LogP contribution in [0.3, 0.4) is 0 Å². The van der Waals surface area contributed by atoms with Gasteiger partial charge in [-0.3, -0.25) is 0 Å². The van der Waals surface area contributed by atoms with Crippen LogP contribution in [0.2, 0.25) is 0 Å². The van der Waals surface area contributed by atoms with Gasteiger partial charge in [-0.15, -0.1) is 0 Å². The van der Waals surface area contributed by atoms with Gasteiger partial charge in [0, 0.05) is 31.2 Å². The van der Waals surface area contributed by atoms with E-state index in [9.17, 15) is 22.0 Å². The Morgan fingerprint density at radius 2 is 1.74 bits per heavy atom. The summed E-state index contributed by atoms with van der Waals surface area (Å²) in [7, 11) is -4.63. The normalized spacial score (nSPS) is 11.4. The van der Waals surface area contributed by atoms with Crippen LogP contribution in [-0.2, 0) is 16.4 Å². The van der Waals surface area contributed by atoms with E-state index in [1.165, 1.54) is 12.1 Å². The zero-order chi connectivity index (χ0) is 16.9. The van der Waals surface area contributed by atoms with E-state index in [-0.39, 0.29) is 0 Å². The van der Waals surface area contributed by atoms with Gasteiger partial charge in [-0.2, -0.15) is 8.78 Å². The van der Waals surface area contributed by atoms with Crippen molar-refractivity contribution in [3.8, 4) is 0 Å². The number of aromatic nitrogens is 1. The standard InChI is InChI=1S/C14H15F2N3O3S/c15-13(16)23(21,22)12-5-3-11(4-6-12)18-14(20)17-7-10-19-8-1-2-9-19/h1-6,8-9,13H,7,10H2,(H2,17,18,20). The van der Waals surface area contributed by atoms with Crippen molar-refractivity contribution in [2.45, 2.75) is 17.2 Å². The molecule has 0 fully saturated rings. The summed E-state index contributed by atoms with van der Waals surface area (Å²) >= 11 is 0. The number of carbonyl (C=O) groups excluding carboxylic acids is 1. The molecule has 0 radical (unpaired) electrons. The molecule has 0 aliphatic rings. The maximum absolute atomic E-state index is 12.4. The van der Waals surface area contributed by atoms with E-state index in [2.05, 4.69) is 10.6 Å². The molecule has 1 aromatic carbocycles. The van der Waals surface area contributed by atoms with Gasteiger partial charge in [0.25, 0.3) is 0 Å². The Morgan fingerprint density at radius 3 is 2.30 bits per heavy atom. The molecule has 0 bridgehead atoms. The summed E-state index contributed by atoms with van der Waals surface area (Å²) in [5.74, 6) is -3.47. The molecule has 0 unspecified atom stereocenters. The number of anilines is 1. The molecule has 2 aromatic rings. The Bertz CT molecular complexity index is 744. The zero-order valence-electron chi connectivity index (χ0n) is 11.9. The van der Waals surface area contributed by atoms with Gasteiger partial charge in [-0.1, -0.05) is 0 Å². The number of hydrogen-bond acceptors (Lipinski definition) is 3. The molecule has 0 spiro atoms. The van der Waals surface area contributed by atoms with Gasteiger partial charge in [0.2, 0.25) is 9.84 Å². The first-order valence-corrected chi connectivity index (χ1v) is 8.22. The third-order valence-corrected chi connectivity index (χ3v) is 4.40. The fourth-order valence-electron chi connectivity index (χ4n) is 1.82. The number of urea groups is 1. The molecule has 6 nitrogen and oxygen atoms in total. The first kappa shape index (κ1) is 16.9. The number of hydrogen-bond donors (Lipinski definition) is 2. The molecule has 2 N–H and O–H groups in total. The lowest BCUT2D eigenvalue weighted by atomic mass is 10.3. The molecule has 2 rings (SSSR count). The minimum atomic E-state index is -4.63. The Kier molecular flexibility index (Phi) is 5.32. The van der Waals surface area contributed by atoms with Gasteiger partial charge in [0.05, 0.1) is 4.90 Å². The van der Waals surface area contributed by atoms with E-state index in [1.54, 1.807) is 0 Å². The summed E-state index contributed by atoms with van der Waals surface area (Å²) in [6.07, 6.45) is 3.73. The molecule has 0 saturated heterocycles. The lowest BCUT2D eigenvalue weighted by Gasteiger charge is -2.09. The summed E-state index contributed by atoms with van der Waals surface area (Å²) in [5.41, 5.74) is 0.302. The number of benzene rings is 1. The Morgan fingerprint density at radius 1 is 1.13 bits per heavy atom. The third-order valence-electron chi connectivity index (χ3n) is 3.00. The first-order valence-electron chi connectivity index (χ1n) is 6.67. The number of halogens is 2. The largest absolute Gasteiger partial charge is 0.353 e. The van der Waals surface area contributed by atoms with E-state index >= 15 is 0 Å². The van der Waals surface area contributed by atoms with Crippen LogP contribution in [0.4, 0.5) is 19.3 Å². The lowest BCUT2D eigenvalue weighted by Crippen LogP contribution is -2.31. The number of nitrogens with one attached hydrogen (secondary N) is 2. The maximum Gasteiger partial charge on any atom is 0.341 e. The SMILES string of the molecule is O=C(NCCn1cccc1)Nc1ccc(S(=O)(=O)C(F)F)cc1. The van der Waals surface area contributed by atoms with Gasteiger partial charge >= 0.3 is 11.8 Å². The number of nitrogens with zero attached hydrogens (tertiary/aromatic N) is 1. The second kappa shape index (κ2) is 7.23. The topological polar surface area (TPSA) is 80.2 Å². The van der Waals surface area contributed by atoms with Crippen LogP contribution in [-0.4, -0.2) is 31.3 Å². The first-order chi connectivity index (χ1) is 10.9. The molecule has 0 saturated carbocycles. The molecule has 9 heteroatoms. The smallest absolute Gasteiger partial charge is 0.341 e. The van der Waals surface area contributed by atoms with E-state index < -0.39 is 26.5 Å². The second-order valence-corrected chi connectivity index (χ2v) is 6.55. The Hall–Kier alpha value is -2.42. The van der Waals surface area contributed by atoms with Gasteiger partial charge < -0.3 is 15.2 Å². The highest BCUT2D eigenvalue weighted by atomic mass is 32.2. The predicted octanol–water partition coefficient (Wildman–Crippen LogP) is 2.31. The molecule has 23 heavy (non-hydrogen) atoms. The third kappa shape index (κ3) is 4.52. The summed E-state index contributed by atoms with van der Waals surface area (Å²) < 4.78 is 49.2. The highest BCUT2D eigenvalue weighted by molar-refractivity contribution is 7.91. The highest BCUT2D eigenvalue weighted by Gasteiger charge is 2.26. The van der Waals surface area contributed by atoms with Crippen molar-refractivity contribution in [1.29, 1.82) is 0 Å². The molecule has 0 atom stereocenters. The van der Waals surface area contributed by atoms with Crippen molar-refractivity contribution >= 4 is 21.6 Å². The summed E-state index contributed by atoms with van der Waals surface area (Å²) in [6.45, 7) is 1.00. The van der Waals surface area contributed by atoms with E-state index in [0.29, 0.717) is 18.8 Å². The molecule has 2 amide bonds. The van der Waals surface area contributed by atoms with Gasteiger partial charge in [0.1, 0.15) is 0 Å². The summed E-state index contributed by atoms with van der Waals surface area (Å²) in [4.78, 5) is 11.2. The molecule has 0 aliphatic heterocycles. The van der Waals surface area contributed by atoms with Crippen LogP contribution in [0.25, 0.3) is 0 Å². The number of amides is 2. The minimum Gasteiger partial charge on any atom is -0.353 e. The van der Waals surface area contributed by atoms with Crippen LogP contribution < -0.4 is 10.6 Å². The molecule has 1 aromatic heterocycles. The van der Waals surface area contributed by atoms with Crippen LogP contribution >= 0.6 is 0 Å². The molecule has 124 valence electrons. The van der Waals surface area contributed by atoms with Gasteiger partial charge in [-0.25, -0.2) is 13.2 Å². The van der Waals surface area contributed by atoms with Crippen LogP contribution in [0.5, 0.6) is 0 Å². The number of alkyl halides is 2. The van der Waals surface area contributed by atoms with Crippen LogP contribution in [0.15, 0.2) is 53.7 Å². The average molecular weight is 343 g/mol. The quantitative estimate of drug-likeness (QED) is 0.845. The second-order valence-electron chi connectivity index (χ2n) is 4.63. The summed E-state index contributed by atoms with van der Waals surface area (Å²) in [5, 5.41) is 5.11. The Labute approximate surface area is 132 Å².